The van der Waals surface area contributed by atoms with E-state index in [1.54, 1.807) is 26.2 Å². The van der Waals surface area contributed by atoms with Gasteiger partial charge in [0.25, 0.3) is 0 Å². The van der Waals surface area contributed by atoms with Crippen molar-refractivity contribution in [2.75, 3.05) is 11.9 Å². The number of benzene rings is 1. The maximum absolute atomic E-state index is 10.1. The van der Waals surface area contributed by atoms with Crippen molar-refractivity contribution in [3.63, 3.8) is 0 Å². The van der Waals surface area contributed by atoms with E-state index in [4.69, 9.17) is 16.3 Å². The molecule has 1 unspecified atom stereocenters. The lowest BCUT2D eigenvalue weighted by Crippen LogP contribution is -2.28. The van der Waals surface area contributed by atoms with E-state index in [1.165, 1.54) is 6.33 Å². The van der Waals surface area contributed by atoms with Crippen molar-refractivity contribution in [1.29, 1.82) is 0 Å². The molecule has 0 bridgehead atoms. The zero-order chi connectivity index (χ0) is 20.6. The quantitative estimate of drug-likeness (QED) is 0.441. The maximum atomic E-state index is 10.1. The number of aromatic amines is 1. The topological polar surface area (TPSA) is 109 Å². The van der Waals surface area contributed by atoms with Crippen LogP contribution in [-0.2, 0) is 0 Å². The van der Waals surface area contributed by atoms with Crippen LogP contribution in [-0.4, -0.2) is 42.2 Å². The fourth-order valence-corrected chi connectivity index (χ4v) is 3.24. The van der Waals surface area contributed by atoms with Crippen LogP contribution in [0.1, 0.15) is 32.5 Å². The second-order valence-electron chi connectivity index (χ2n) is 7.48. The number of hydrogen-bond acceptors (Lipinski definition) is 7. The number of aromatic nitrogens is 5. The summed E-state index contributed by atoms with van der Waals surface area (Å²) in [5.41, 5.74) is 1.06. The van der Waals surface area contributed by atoms with Crippen LogP contribution in [0.15, 0.2) is 36.9 Å². The highest BCUT2D eigenvalue weighted by Gasteiger charge is 2.19. The first-order valence-corrected chi connectivity index (χ1v) is 9.54. The summed E-state index contributed by atoms with van der Waals surface area (Å²) in [6, 6.07) is 7.39. The third-order valence-electron chi connectivity index (χ3n) is 4.38. The molecule has 150 valence electrons. The van der Waals surface area contributed by atoms with Gasteiger partial charge < -0.3 is 20.1 Å². The van der Waals surface area contributed by atoms with Crippen LogP contribution in [0, 0.1) is 0 Å². The van der Waals surface area contributed by atoms with E-state index in [2.05, 4.69) is 30.2 Å². The maximum Gasteiger partial charge on any atom is 0.223 e. The van der Waals surface area contributed by atoms with Crippen molar-refractivity contribution >= 4 is 39.4 Å². The summed E-state index contributed by atoms with van der Waals surface area (Å²) in [6.07, 6.45) is 3.04. The van der Waals surface area contributed by atoms with Crippen molar-refractivity contribution in [3.8, 4) is 5.88 Å². The highest BCUT2D eigenvalue weighted by molar-refractivity contribution is 6.36. The average molecular weight is 413 g/mol. The molecule has 29 heavy (non-hydrogen) atoms. The van der Waals surface area contributed by atoms with E-state index in [9.17, 15) is 5.11 Å². The molecule has 0 aliphatic rings. The molecule has 9 heteroatoms. The second kappa shape index (κ2) is 7.46. The minimum atomic E-state index is -0.998. The Bertz CT molecular complexity index is 1170. The van der Waals surface area contributed by atoms with Crippen molar-refractivity contribution in [1.82, 2.24) is 24.9 Å². The third kappa shape index (κ3) is 4.08. The van der Waals surface area contributed by atoms with Crippen molar-refractivity contribution in [2.24, 2.45) is 0 Å². The van der Waals surface area contributed by atoms with E-state index in [0.717, 1.165) is 16.6 Å². The van der Waals surface area contributed by atoms with E-state index in [-0.39, 0.29) is 12.6 Å². The predicted octanol–water partition coefficient (Wildman–Crippen LogP) is 3.88. The molecule has 0 radical (unpaired) electrons. The summed E-state index contributed by atoms with van der Waals surface area (Å²) in [4.78, 5) is 20.3. The van der Waals surface area contributed by atoms with Gasteiger partial charge in [-0.05, 0) is 38.3 Å². The smallest absolute Gasteiger partial charge is 0.223 e. The molecule has 0 saturated carbocycles. The average Bonchev–Trinajstić information content (AvgIpc) is 3.15. The molecule has 4 aromatic rings. The van der Waals surface area contributed by atoms with Gasteiger partial charge in [-0.1, -0.05) is 23.7 Å². The summed E-state index contributed by atoms with van der Waals surface area (Å²) in [6.45, 7) is 5.42. The second-order valence-corrected chi connectivity index (χ2v) is 7.89. The number of imidazole rings is 1. The number of H-pyrrole nitrogens is 1. The molecule has 4 rings (SSSR count). The molecule has 1 atom stereocenters. The molecular formula is C20H21ClN6O2. The molecule has 0 spiro atoms. The number of nitrogens with zero attached hydrogens (tertiary/aromatic N) is 4. The minimum Gasteiger partial charge on any atom is -0.474 e. The molecule has 0 saturated heterocycles. The van der Waals surface area contributed by atoms with Gasteiger partial charge in [-0.25, -0.2) is 19.9 Å². The molecule has 3 heterocycles. The number of nitrogens with one attached hydrogen (secondary N) is 2. The van der Waals surface area contributed by atoms with Crippen LogP contribution in [0.5, 0.6) is 5.88 Å². The molecule has 0 amide bonds. The number of hydrogen-bond donors (Lipinski definition) is 3. The number of rotatable bonds is 6. The lowest BCUT2D eigenvalue weighted by molar-refractivity contribution is 0.0274. The van der Waals surface area contributed by atoms with Gasteiger partial charge >= 0.3 is 0 Å². The Hall–Kier alpha value is -2.97. The lowest BCUT2D eigenvalue weighted by Gasteiger charge is -2.20. The van der Waals surface area contributed by atoms with Gasteiger partial charge in [0.15, 0.2) is 11.5 Å². The Morgan fingerprint density at radius 2 is 2.10 bits per heavy atom. The van der Waals surface area contributed by atoms with Gasteiger partial charge in [0.1, 0.15) is 18.5 Å². The van der Waals surface area contributed by atoms with Crippen LogP contribution < -0.4 is 10.1 Å². The number of pyridine rings is 1. The zero-order valence-corrected chi connectivity index (χ0v) is 17.0. The third-order valence-corrected chi connectivity index (χ3v) is 4.69. The number of anilines is 1. The number of halogens is 1. The SMILES string of the molecule is CC(Nc1ncnc2nc[nH]c12)c1cc2cccc(Cl)c2c(OCC(C)(C)O)n1. The van der Waals surface area contributed by atoms with E-state index < -0.39 is 5.60 Å². The zero-order valence-electron chi connectivity index (χ0n) is 16.3. The van der Waals surface area contributed by atoms with Gasteiger partial charge in [-0.3, -0.25) is 0 Å². The molecule has 0 aliphatic heterocycles. The molecule has 3 N–H and O–H groups in total. The molecule has 3 aromatic heterocycles. The monoisotopic (exact) mass is 412 g/mol. The number of aliphatic hydroxyl groups is 1. The Morgan fingerprint density at radius 3 is 2.90 bits per heavy atom. The first-order chi connectivity index (χ1) is 13.8. The Morgan fingerprint density at radius 1 is 1.28 bits per heavy atom. The fraction of sp³-hybridized carbons (Fsp3) is 0.300. The van der Waals surface area contributed by atoms with Crippen molar-refractivity contribution < 1.29 is 9.84 Å². The highest BCUT2D eigenvalue weighted by atomic mass is 35.5. The minimum absolute atomic E-state index is 0.0895. The van der Waals surface area contributed by atoms with Crippen molar-refractivity contribution in [3.05, 3.63) is 47.6 Å². The molecular weight excluding hydrogens is 392 g/mol. The van der Waals surface area contributed by atoms with Gasteiger partial charge in [-0.15, -0.1) is 0 Å². The van der Waals surface area contributed by atoms with Crippen LogP contribution in [0.25, 0.3) is 21.9 Å². The molecule has 1 aromatic carbocycles. The highest BCUT2D eigenvalue weighted by Crippen LogP contribution is 2.34. The lowest BCUT2D eigenvalue weighted by atomic mass is 10.1. The first kappa shape index (κ1) is 19.4. The van der Waals surface area contributed by atoms with Gasteiger partial charge in [0.05, 0.1) is 34.1 Å². The normalized spacial score (nSPS) is 13.0. The Labute approximate surface area is 172 Å². The summed E-state index contributed by atoms with van der Waals surface area (Å²) >= 11 is 6.40. The number of ether oxygens (including phenoxy) is 1. The summed E-state index contributed by atoms with van der Waals surface area (Å²) in [5.74, 6) is 1.01. The summed E-state index contributed by atoms with van der Waals surface area (Å²) < 4.78 is 5.85. The van der Waals surface area contributed by atoms with E-state index >= 15 is 0 Å². The van der Waals surface area contributed by atoms with Crippen LogP contribution in [0.2, 0.25) is 5.02 Å². The van der Waals surface area contributed by atoms with Crippen LogP contribution in [0.3, 0.4) is 0 Å². The fourth-order valence-electron chi connectivity index (χ4n) is 2.98. The van der Waals surface area contributed by atoms with E-state index in [0.29, 0.717) is 27.8 Å². The Balaban J connectivity index is 1.72. The predicted molar refractivity (Wildman–Crippen MR) is 112 cm³/mol. The Kier molecular flexibility index (Phi) is 4.97. The van der Waals surface area contributed by atoms with Crippen LogP contribution >= 0.6 is 11.6 Å². The largest absolute Gasteiger partial charge is 0.474 e. The van der Waals surface area contributed by atoms with E-state index in [1.807, 2.05) is 25.1 Å². The van der Waals surface area contributed by atoms with Gasteiger partial charge in [0, 0.05) is 0 Å². The number of fused-ring (bicyclic) bond motifs is 2. The molecule has 0 fully saturated rings. The summed E-state index contributed by atoms with van der Waals surface area (Å²) in [5, 5.41) is 15.6. The van der Waals surface area contributed by atoms with Gasteiger partial charge in [0.2, 0.25) is 5.88 Å². The molecule has 0 aliphatic carbocycles. The standard InChI is InChI=1S/C20H21ClN6O2/c1-11(26-18-16-17(23-9-22-16)24-10-25-18)14-7-12-5-4-6-13(21)15(12)19(27-14)29-8-20(2,3)28/h4-7,9-11,28H,8H2,1-3H3,(H2,22,23,24,25,26). The van der Waals surface area contributed by atoms with Crippen molar-refractivity contribution in [2.45, 2.75) is 32.4 Å². The molecule has 8 nitrogen and oxygen atoms in total. The first-order valence-electron chi connectivity index (χ1n) is 9.17. The van der Waals surface area contributed by atoms with Gasteiger partial charge in [-0.2, -0.15) is 0 Å². The summed E-state index contributed by atoms with van der Waals surface area (Å²) in [7, 11) is 0. The van der Waals surface area contributed by atoms with Crippen LogP contribution in [0.4, 0.5) is 5.82 Å².